The van der Waals surface area contributed by atoms with Crippen molar-refractivity contribution in [3.8, 4) is 0 Å². The number of rotatable bonds is 4. The lowest BCUT2D eigenvalue weighted by atomic mass is 10.2. The molecule has 0 atom stereocenters. The van der Waals surface area contributed by atoms with E-state index in [0.29, 0.717) is 26.2 Å². The Balaban J connectivity index is 1.42. The van der Waals surface area contributed by atoms with Crippen molar-refractivity contribution in [2.24, 2.45) is 0 Å². The van der Waals surface area contributed by atoms with E-state index in [1.807, 2.05) is 29.7 Å². The summed E-state index contributed by atoms with van der Waals surface area (Å²) in [5.74, 6) is -0.0138. The Hall–Kier alpha value is -2.71. The maximum atomic E-state index is 12.7. The number of fused-ring (bicyclic) bond motifs is 1. The highest BCUT2D eigenvalue weighted by Crippen LogP contribution is 2.18. The monoisotopic (exact) mass is 398 g/mol. The molecule has 3 aromatic rings. The van der Waals surface area contributed by atoms with Gasteiger partial charge in [-0.1, -0.05) is 24.3 Å². The standard InChI is InChI=1S/C20H22N4O3S/c1-16-6-5-9-24-17(15-21-20(16)24)14-19(25)22-10-12-23(13-11-22)28(26,27)18-7-3-2-4-8-18/h2-9,15H,10-14H2,1H3. The molecular weight excluding hydrogens is 376 g/mol. The summed E-state index contributed by atoms with van der Waals surface area (Å²) in [5, 5.41) is 0. The fourth-order valence-electron chi connectivity index (χ4n) is 3.52. The predicted octanol–water partition coefficient (Wildman–Crippen LogP) is 1.72. The zero-order valence-corrected chi connectivity index (χ0v) is 16.5. The number of pyridine rings is 1. The number of carbonyl (C=O) groups is 1. The quantitative estimate of drug-likeness (QED) is 0.671. The molecule has 0 bridgehead atoms. The summed E-state index contributed by atoms with van der Waals surface area (Å²) in [6.45, 7) is 3.37. The average molecular weight is 398 g/mol. The van der Waals surface area contributed by atoms with Gasteiger partial charge in [0.15, 0.2) is 0 Å². The molecule has 4 rings (SSSR count). The number of nitrogens with zero attached hydrogens (tertiary/aromatic N) is 4. The maximum absolute atomic E-state index is 12.7. The summed E-state index contributed by atoms with van der Waals surface area (Å²) in [6, 6.07) is 12.3. The number of amides is 1. The predicted molar refractivity (Wildman–Crippen MR) is 105 cm³/mol. The van der Waals surface area contributed by atoms with Gasteiger partial charge in [0.25, 0.3) is 0 Å². The minimum atomic E-state index is -3.51. The SMILES string of the molecule is Cc1cccn2c(CC(=O)N3CCN(S(=O)(=O)c4ccccc4)CC3)cnc12. The lowest BCUT2D eigenvalue weighted by molar-refractivity contribution is -0.131. The van der Waals surface area contributed by atoms with E-state index in [1.165, 1.54) is 4.31 Å². The summed E-state index contributed by atoms with van der Waals surface area (Å²) < 4.78 is 28.8. The first-order valence-electron chi connectivity index (χ1n) is 9.21. The summed E-state index contributed by atoms with van der Waals surface area (Å²) in [5.41, 5.74) is 2.74. The molecule has 8 heteroatoms. The van der Waals surface area contributed by atoms with E-state index in [9.17, 15) is 13.2 Å². The van der Waals surface area contributed by atoms with Crippen molar-refractivity contribution in [3.63, 3.8) is 0 Å². The van der Waals surface area contributed by atoms with Crippen molar-refractivity contribution in [1.82, 2.24) is 18.6 Å². The second-order valence-corrected chi connectivity index (χ2v) is 8.85. The molecule has 1 fully saturated rings. The van der Waals surface area contributed by atoms with Crippen LogP contribution in [0.1, 0.15) is 11.3 Å². The lowest BCUT2D eigenvalue weighted by Gasteiger charge is -2.34. The van der Waals surface area contributed by atoms with Crippen molar-refractivity contribution in [1.29, 1.82) is 0 Å². The van der Waals surface area contributed by atoms with Crippen molar-refractivity contribution in [3.05, 3.63) is 66.1 Å². The zero-order valence-electron chi connectivity index (χ0n) is 15.7. The molecule has 0 aliphatic carbocycles. The highest BCUT2D eigenvalue weighted by molar-refractivity contribution is 7.89. The molecule has 1 amide bonds. The van der Waals surface area contributed by atoms with Crippen molar-refractivity contribution >= 4 is 21.6 Å². The van der Waals surface area contributed by atoms with E-state index >= 15 is 0 Å². The molecule has 0 saturated carbocycles. The van der Waals surface area contributed by atoms with Gasteiger partial charge in [0, 0.05) is 38.6 Å². The van der Waals surface area contributed by atoms with Crippen LogP contribution in [0.2, 0.25) is 0 Å². The van der Waals surface area contributed by atoms with Crippen LogP contribution in [0.3, 0.4) is 0 Å². The van der Waals surface area contributed by atoms with Gasteiger partial charge in [-0.25, -0.2) is 13.4 Å². The first-order chi connectivity index (χ1) is 13.5. The van der Waals surface area contributed by atoms with E-state index in [4.69, 9.17) is 0 Å². The molecular formula is C20H22N4O3S. The molecule has 3 heterocycles. The van der Waals surface area contributed by atoms with E-state index in [2.05, 4.69) is 4.98 Å². The summed E-state index contributed by atoms with van der Waals surface area (Å²) >= 11 is 0. The fourth-order valence-corrected chi connectivity index (χ4v) is 4.96. The number of aromatic nitrogens is 2. The number of benzene rings is 1. The Morgan fingerprint density at radius 3 is 2.46 bits per heavy atom. The molecule has 0 unspecified atom stereocenters. The van der Waals surface area contributed by atoms with Crippen LogP contribution in [0, 0.1) is 6.92 Å². The second-order valence-electron chi connectivity index (χ2n) is 6.91. The molecule has 0 radical (unpaired) electrons. The fraction of sp³-hybridized carbons (Fsp3) is 0.300. The number of aryl methyl sites for hydroxylation is 1. The Morgan fingerprint density at radius 2 is 1.75 bits per heavy atom. The minimum Gasteiger partial charge on any atom is -0.340 e. The smallest absolute Gasteiger partial charge is 0.243 e. The Bertz CT molecular complexity index is 1100. The number of hydrogen-bond donors (Lipinski definition) is 0. The summed E-state index contributed by atoms with van der Waals surface area (Å²) in [4.78, 5) is 19.2. The zero-order chi connectivity index (χ0) is 19.7. The van der Waals surface area contributed by atoms with Crippen LogP contribution >= 0.6 is 0 Å². The largest absolute Gasteiger partial charge is 0.340 e. The van der Waals surface area contributed by atoms with Gasteiger partial charge in [0.05, 0.1) is 17.0 Å². The van der Waals surface area contributed by atoms with Crippen LogP contribution in [0.25, 0.3) is 5.65 Å². The molecule has 2 aromatic heterocycles. The van der Waals surface area contributed by atoms with Crippen LogP contribution in [-0.2, 0) is 21.2 Å². The van der Waals surface area contributed by atoms with Gasteiger partial charge in [-0.2, -0.15) is 4.31 Å². The molecule has 0 N–H and O–H groups in total. The number of piperazine rings is 1. The van der Waals surface area contributed by atoms with Gasteiger partial charge in [0.2, 0.25) is 15.9 Å². The number of hydrogen-bond acceptors (Lipinski definition) is 4. The van der Waals surface area contributed by atoms with Crippen LogP contribution in [0.5, 0.6) is 0 Å². The van der Waals surface area contributed by atoms with E-state index in [1.54, 1.807) is 41.4 Å². The Kier molecular flexibility index (Phi) is 4.91. The molecule has 1 aliphatic rings. The van der Waals surface area contributed by atoms with E-state index in [-0.39, 0.29) is 17.2 Å². The first-order valence-corrected chi connectivity index (χ1v) is 10.7. The molecule has 1 aliphatic heterocycles. The Morgan fingerprint density at radius 1 is 1.04 bits per heavy atom. The summed E-state index contributed by atoms with van der Waals surface area (Å²) in [6.07, 6.45) is 3.88. The Labute approximate surface area is 164 Å². The maximum Gasteiger partial charge on any atom is 0.243 e. The third-order valence-corrected chi connectivity index (χ3v) is 7.03. The van der Waals surface area contributed by atoms with E-state index < -0.39 is 10.0 Å². The summed E-state index contributed by atoms with van der Waals surface area (Å²) in [7, 11) is -3.51. The van der Waals surface area contributed by atoms with Gasteiger partial charge in [-0.15, -0.1) is 0 Å². The van der Waals surface area contributed by atoms with Gasteiger partial charge in [-0.3, -0.25) is 4.79 Å². The molecule has 1 aromatic carbocycles. The van der Waals surface area contributed by atoms with Crippen molar-refractivity contribution < 1.29 is 13.2 Å². The van der Waals surface area contributed by atoms with Gasteiger partial charge in [0.1, 0.15) is 5.65 Å². The highest BCUT2D eigenvalue weighted by atomic mass is 32.2. The number of carbonyl (C=O) groups excluding carboxylic acids is 1. The van der Waals surface area contributed by atoms with Crippen molar-refractivity contribution in [2.75, 3.05) is 26.2 Å². The molecule has 1 saturated heterocycles. The second kappa shape index (κ2) is 7.37. The lowest BCUT2D eigenvalue weighted by Crippen LogP contribution is -2.50. The number of imidazole rings is 1. The van der Waals surface area contributed by atoms with Crippen LogP contribution in [0.15, 0.2) is 59.8 Å². The third kappa shape index (κ3) is 3.41. The van der Waals surface area contributed by atoms with Gasteiger partial charge < -0.3 is 9.30 Å². The molecule has 7 nitrogen and oxygen atoms in total. The van der Waals surface area contributed by atoms with Crippen molar-refractivity contribution in [2.45, 2.75) is 18.2 Å². The van der Waals surface area contributed by atoms with Gasteiger partial charge in [-0.05, 0) is 30.7 Å². The molecule has 0 spiro atoms. The van der Waals surface area contributed by atoms with Crippen LogP contribution in [-0.4, -0.2) is 59.1 Å². The van der Waals surface area contributed by atoms with Crippen LogP contribution < -0.4 is 0 Å². The normalized spacial score (nSPS) is 15.8. The topological polar surface area (TPSA) is 75.0 Å². The molecule has 146 valence electrons. The van der Waals surface area contributed by atoms with Crippen LogP contribution in [0.4, 0.5) is 0 Å². The minimum absolute atomic E-state index is 0.0138. The van der Waals surface area contributed by atoms with E-state index in [0.717, 1.165) is 16.9 Å². The third-order valence-electron chi connectivity index (χ3n) is 5.11. The van der Waals surface area contributed by atoms with Gasteiger partial charge >= 0.3 is 0 Å². The average Bonchev–Trinajstić information content (AvgIpc) is 3.13. The number of sulfonamides is 1. The highest BCUT2D eigenvalue weighted by Gasteiger charge is 2.30. The first kappa shape index (κ1) is 18.6. The molecule has 28 heavy (non-hydrogen) atoms.